The minimum absolute atomic E-state index is 0.0720. The van der Waals surface area contributed by atoms with Gasteiger partial charge in [0.25, 0.3) is 0 Å². The van der Waals surface area contributed by atoms with Crippen molar-refractivity contribution < 1.29 is 17.9 Å². The van der Waals surface area contributed by atoms with E-state index >= 15 is 0 Å². The molecule has 0 aromatic heterocycles. The Labute approximate surface area is 174 Å². The average molecular weight is 467 g/mol. The number of hydrogen-bond donors (Lipinski definition) is 1. The van der Waals surface area contributed by atoms with E-state index in [1.54, 1.807) is 24.3 Å². The zero-order valence-corrected chi connectivity index (χ0v) is 18.2. The summed E-state index contributed by atoms with van der Waals surface area (Å²) >= 11 is 3.46. The van der Waals surface area contributed by atoms with E-state index in [0.717, 1.165) is 15.7 Å². The van der Waals surface area contributed by atoms with Gasteiger partial charge in [-0.1, -0.05) is 22.0 Å². The highest BCUT2D eigenvalue weighted by Gasteiger charge is 2.32. The van der Waals surface area contributed by atoms with Gasteiger partial charge in [0.2, 0.25) is 15.9 Å². The van der Waals surface area contributed by atoms with Crippen molar-refractivity contribution in [1.29, 1.82) is 0 Å². The molecule has 0 saturated carbocycles. The second kappa shape index (κ2) is 8.63. The quantitative estimate of drug-likeness (QED) is 0.726. The lowest BCUT2D eigenvalue weighted by Gasteiger charge is -2.30. The predicted molar refractivity (Wildman–Crippen MR) is 112 cm³/mol. The Hall–Kier alpha value is -1.90. The SMILES string of the molecule is COc1ccc(S(=O)(=O)N2CCC(C(=O)Nc3ccc(C)c(Br)c3)CC2)cc1. The molecule has 0 atom stereocenters. The molecule has 0 radical (unpaired) electrons. The molecule has 1 N–H and O–H groups in total. The van der Waals surface area contributed by atoms with E-state index < -0.39 is 10.0 Å². The number of ether oxygens (including phenoxy) is 1. The molecule has 1 fully saturated rings. The van der Waals surface area contributed by atoms with Gasteiger partial charge >= 0.3 is 0 Å². The number of methoxy groups -OCH3 is 1. The standard InChI is InChI=1S/C20H23BrN2O4S/c1-14-3-4-16(13-19(14)21)22-20(24)15-9-11-23(12-10-15)28(25,26)18-7-5-17(27-2)6-8-18/h3-8,13,15H,9-12H2,1-2H3,(H,22,24). The van der Waals surface area contributed by atoms with Gasteiger partial charge in [-0.15, -0.1) is 0 Å². The molecule has 1 saturated heterocycles. The Morgan fingerprint density at radius 1 is 1.14 bits per heavy atom. The zero-order chi connectivity index (χ0) is 20.3. The maximum absolute atomic E-state index is 12.8. The molecule has 2 aromatic rings. The summed E-state index contributed by atoms with van der Waals surface area (Å²) in [4.78, 5) is 12.8. The third-order valence-electron chi connectivity index (χ3n) is 4.96. The van der Waals surface area contributed by atoms with E-state index in [9.17, 15) is 13.2 Å². The summed E-state index contributed by atoms with van der Waals surface area (Å²) in [6, 6.07) is 12.0. The minimum Gasteiger partial charge on any atom is -0.497 e. The summed E-state index contributed by atoms with van der Waals surface area (Å²) in [5, 5.41) is 2.93. The first-order valence-corrected chi connectivity index (χ1v) is 11.3. The fourth-order valence-electron chi connectivity index (χ4n) is 3.17. The summed E-state index contributed by atoms with van der Waals surface area (Å²) in [7, 11) is -2.03. The number of benzene rings is 2. The maximum atomic E-state index is 12.8. The molecule has 8 heteroatoms. The van der Waals surface area contributed by atoms with Gasteiger partial charge in [0, 0.05) is 29.2 Å². The lowest BCUT2D eigenvalue weighted by Crippen LogP contribution is -2.41. The Bertz CT molecular complexity index is 953. The first-order chi connectivity index (χ1) is 13.3. The zero-order valence-electron chi connectivity index (χ0n) is 15.8. The molecular formula is C20H23BrN2O4S. The number of hydrogen-bond acceptors (Lipinski definition) is 4. The highest BCUT2D eigenvalue weighted by Crippen LogP contribution is 2.27. The van der Waals surface area contributed by atoms with E-state index in [0.29, 0.717) is 31.7 Å². The molecule has 3 rings (SSSR count). The second-order valence-corrected chi connectivity index (χ2v) is 9.60. The van der Waals surface area contributed by atoms with Gasteiger partial charge in [0.15, 0.2) is 0 Å². The minimum atomic E-state index is -3.57. The smallest absolute Gasteiger partial charge is 0.243 e. The molecular weight excluding hydrogens is 444 g/mol. The van der Waals surface area contributed by atoms with Crippen LogP contribution in [0.5, 0.6) is 5.75 Å². The predicted octanol–water partition coefficient (Wildman–Crippen LogP) is 3.81. The van der Waals surface area contributed by atoms with Crippen molar-refractivity contribution in [1.82, 2.24) is 4.31 Å². The summed E-state index contributed by atoms with van der Waals surface area (Å²) in [5.41, 5.74) is 1.82. The van der Waals surface area contributed by atoms with Crippen molar-refractivity contribution in [3.63, 3.8) is 0 Å². The van der Waals surface area contributed by atoms with Crippen LogP contribution in [-0.2, 0) is 14.8 Å². The van der Waals surface area contributed by atoms with Gasteiger partial charge in [-0.25, -0.2) is 8.42 Å². The number of carbonyl (C=O) groups is 1. The number of aryl methyl sites for hydroxylation is 1. The van der Waals surface area contributed by atoms with Crippen molar-refractivity contribution in [2.75, 3.05) is 25.5 Å². The number of nitrogens with one attached hydrogen (secondary N) is 1. The summed E-state index contributed by atoms with van der Waals surface area (Å²) < 4.78 is 33.1. The summed E-state index contributed by atoms with van der Waals surface area (Å²) in [5.74, 6) is 0.330. The van der Waals surface area contributed by atoms with Gasteiger partial charge in [0.1, 0.15) is 5.75 Å². The topological polar surface area (TPSA) is 75.7 Å². The molecule has 1 aliphatic heterocycles. The van der Waals surface area contributed by atoms with Crippen LogP contribution in [0, 0.1) is 12.8 Å². The molecule has 2 aromatic carbocycles. The number of amides is 1. The number of carbonyl (C=O) groups excluding carboxylic acids is 1. The van der Waals surface area contributed by atoms with Gasteiger partial charge in [-0.2, -0.15) is 4.31 Å². The van der Waals surface area contributed by atoms with Crippen LogP contribution >= 0.6 is 15.9 Å². The molecule has 0 aliphatic carbocycles. The molecule has 6 nitrogen and oxygen atoms in total. The van der Waals surface area contributed by atoms with Gasteiger partial charge in [-0.05, 0) is 61.7 Å². The first-order valence-electron chi connectivity index (χ1n) is 9.02. The lowest BCUT2D eigenvalue weighted by atomic mass is 9.97. The molecule has 0 spiro atoms. The number of anilines is 1. The van der Waals surface area contributed by atoms with Crippen molar-refractivity contribution in [3.05, 3.63) is 52.5 Å². The molecule has 1 amide bonds. The Kier molecular flexibility index (Phi) is 6.42. The molecule has 150 valence electrons. The van der Waals surface area contributed by atoms with E-state index in [1.165, 1.54) is 11.4 Å². The third-order valence-corrected chi connectivity index (χ3v) is 7.73. The largest absolute Gasteiger partial charge is 0.497 e. The highest BCUT2D eigenvalue weighted by molar-refractivity contribution is 9.10. The fraction of sp³-hybridized carbons (Fsp3) is 0.350. The molecule has 0 bridgehead atoms. The van der Waals surface area contributed by atoms with Crippen LogP contribution in [0.4, 0.5) is 5.69 Å². The molecule has 28 heavy (non-hydrogen) atoms. The van der Waals surface area contributed by atoms with Gasteiger partial charge in [0.05, 0.1) is 12.0 Å². The molecule has 1 aliphatic rings. The third kappa shape index (κ3) is 4.56. The van der Waals surface area contributed by atoms with Gasteiger partial charge < -0.3 is 10.1 Å². The summed E-state index contributed by atoms with van der Waals surface area (Å²) in [6.45, 7) is 2.63. The Balaban J connectivity index is 1.61. The van der Waals surface area contributed by atoms with Crippen LogP contribution < -0.4 is 10.1 Å². The van der Waals surface area contributed by atoms with Crippen molar-refractivity contribution in [3.8, 4) is 5.75 Å². The summed E-state index contributed by atoms with van der Waals surface area (Å²) in [6.07, 6.45) is 0.989. The normalized spacial score (nSPS) is 16.0. The number of rotatable bonds is 5. The van der Waals surface area contributed by atoms with Crippen LogP contribution in [-0.4, -0.2) is 38.8 Å². The number of nitrogens with zero attached hydrogens (tertiary/aromatic N) is 1. The van der Waals surface area contributed by atoms with Crippen molar-refractivity contribution >= 4 is 37.5 Å². The van der Waals surface area contributed by atoms with Crippen molar-refractivity contribution in [2.45, 2.75) is 24.7 Å². The number of sulfonamides is 1. The average Bonchev–Trinajstić information content (AvgIpc) is 2.71. The van der Waals surface area contributed by atoms with Crippen LogP contribution in [0.3, 0.4) is 0 Å². The molecule has 1 heterocycles. The fourth-order valence-corrected chi connectivity index (χ4v) is 5.02. The number of piperidine rings is 1. The van der Waals surface area contributed by atoms with E-state index in [4.69, 9.17) is 4.74 Å². The Morgan fingerprint density at radius 2 is 1.79 bits per heavy atom. The van der Waals surface area contributed by atoms with Crippen LogP contribution in [0.15, 0.2) is 51.8 Å². The van der Waals surface area contributed by atoms with Gasteiger partial charge in [-0.3, -0.25) is 4.79 Å². The first kappa shape index (κ1) is 20.8. The maximum Gasteiger partial charge on any atom is 0.243 e. The van der Waals surface area contributed by atoms with Crippen LogP contribution in [0.25, 0.3) is 0 Å². The van der Waals surface area contributed by atoms with Crippen molar-refractivity contribution in [2.24, 2.45) is 5.92 Å². The van der Waals surface area contributed by atoms with E-state index in [2.05, 4.69) is 21.2 Å². The number of halogens is 1. The van der Waals surface area contributed by atoms with E-state index in [-0.39, 0.29) is 16.7 Å². The second-order valence-electron chi connectivity index (χ2n) is 6.81. The van der Waals surface area contributed by atoms with E-state index in [1.807, 2.05) is 25.1 Å². The van der Waals surface area contributed by atoms with Crippen LogP contribution in [0.1, 0.15) is 18.4 Å². The molecule has 0 unspecified atom stereocenters. The highest BCUT2D eigenvalue weighted by atomic mass is 79.9. The van der Waals surface area contributed by atoms with Crippen LogP contribution in [0.2, 0.25) is 0 Å². The monoisotopic (exact) mass is 466 g/mol. The Morgan fingerprint density at radius 3 is 2.36 bits per heavy atom. The lowest BCUT2D eigenvalue weighted by molar-refractivity contribution is -0.120.